The van der Waals surface area contributed by atoms with E-state index in [1.54, 1.807) is 0 Å². The summed E-state index contributed by atoms with van der Waals surface area (Å²) >= 11 is 0. The molecule has 1 unspecified atom stereocenters. The Labute approximate surface area is 157 Å². The fourth-order valence-electron chi connectivity index (χ4n) is 4.40. The number of piperidine rings is 2. The molecular formula is C20H35N5O. The van der Waals surface area contributed by atoms with Crippen molar-refractivity contribution in [1.82, 2.24) is 24.9 Å². The average Bonchev–Trinajstić information content (AvgIpc) is 2.96. The van der Waals surface area contributed by atoms with E-state index in [1.807, 2.05) is 11.6 Å². The first-order chi connectivity index (χ1) is 12.5. The normalized spacial score (nSPS) is 23.3. The van der Waals surface area contributed by atoms with Crippen LogP contribution in [0.25, 0.3) is 0 Å². The van der Waals surface area contributed by atoms with Gasteiger partial charge in [-0.2, -0.15) is 5.10 Å². The second-order valence-electron chi connectivity index (χ2n) is 8.16. The fourth-order valence-corrected chi connectivity index (χ4v) is 4.40. The van der Waals surface area contributed by atoms with Crippen LogP contribution in [-0.2, 0) is 11.3 Å². The van der Waals surface area contributed by atoms with Crippen LogP contribution in [0.5, 0.6) is 0 Å². The van der Waals surface area contributed by atoms with E-state index in [0.29, 0.717) is 6.04 Å². The van der Waals surface area contributed by atoms with Crippen LogP contribution in [-0.4, -0.2) is 71.3 Å². The van der Waals surface area contributed by atoms with Gasteiger partial charge < -0.3 is 10.2 Å². The van der Waals surface area contributed by atoms with Gasteiger partial charge in [0.15, 0.2) is 0 Å². The van der Waals surface area contributed by atoms with Gasteiger partial charge in [0, 0.05) is 31.4 Å². The number of nitrogens with zero attached hydrogens (tertiary/aromatic N) is 4. The first kappa shape index (κ1) is 19.4. The predicted molar refractivity (Wildman–Crippen MR) is 104 cm³/mol. The molecule has 3 rings (SSSR count). The molecule has 2 saturated heterocycles. The highest BCUT2D eigenvalue weighted by Gasteiger charge is 2.30. The van der Waals surface area contributed by atoms with Gasteiger partial charge in [0.05, 0.1) is 11.6 Å². The number of aryl methyl sites for hydroxylation is 3. The van der Waals surface area contributed by atoms with Crippen LogP contribution in [0.1, 0.15) is 43.5 Å². The van der Waals surface area contributed by atoms with Gasteiger partial charge in [-0.15, -0.1) is 0 Å². The van der Waals surface area contributed by atoms with Crippen molar-refractivity contribution in [3.05, 3.63) is 17.5 Å². The molecule has 0 bridgehead atoms. The molecule has 6 heteroatoms. The first-order valence-electron chi connectivity index (χ1n) is 10.2. The van der Waals surface area contributed by atoms with Crippen molar-refractivity contribution >= 4 is 5.91 Å². The van der Waals surface area contributed by atoms with Crippen LogP contribution < -0.4 is 5.32 Å². The second kappa shape index (κ2) is 9.00. The lowest BCUT2D eigenvalue weighted by Crippen LogP contribution is -2.50. The Hall–Kier alpha value is -1.40. The summed E-state index contributed by atoms with van der Waals surface area (Å²) in [6, 6.07) is 2.77. The van der Waals surface area contributed by atoms with Gasteiger partial charge in [0.25, 0.3) is 0 Å². The summed E-state index contributed by atoms with van der Waals surface area (Å²) in [4.78, 5) is 17.6. The Balaban J connectivity index is 1.39. The van der Waals surface area contributed by atoms with Crippen LogP contribution in [0.15, 0.2) is 6.07 Å². The highest BCUT2D eigenvalue weighted by Crippen LogP contribution is 2.23. The monoisotopic (exact) mass is 361 g/mol. The van der Waals surface area contributed by atoms with Gasteiger partial charge in [-0.25, -0.2) is 0 Å². The molecule has 26 heavy (non-hydrogen) atoms. The second-order valence-corrected chi connectivity index (χ2v) is 8.16. The van der Waals surface area contributed by atoms with Crippen molar-refractivity contribution in [2.75, 3.05) is 39.8 Å². The average molecular weight is 362 g/mol. The quantitative estimate of drug-likeness (QED) is 0.785. The Morgan fingerprint density at radius 3 is 2.69 bits per heavy atom. The lowest BCUT2D eigenvalue weighted by molar-refractivity contribution is -0.127. The molecule has 2 aliphatic heterocycles. The van der Waals surface area contributed by atoms with Crippen LogP contribution in [0, 0.1) is 19.8 Å². The number of nitrogens with one attached hydrogen (secondary N) is 1. The summed E-state index contributed by atoms with van der Waals surface area (Å²) < 4.78 is 2.03. The van der Waals surface area contributed by atoms with Crippen LogP contribution in [0.4, 0.5) is 0 Å². The minimum absolute atomic E-state index is 0.164. The number of hydrogen-bond acceptors (Lipinski definition) is 4. The molecule has 0 aliphatic carbocycles. The van der Waals surface area contributed by atoms with E-state index in [2.05, 4.69) is 40.3 Å². The predicted octanol–water partition coefficient (Wildman–Crippen LogP) is 1.81. The number of carbonyl (C=O) groups excluding carboxylic acids is 1. The lowest BCUT2D eigenvalue weighted by Gasteiger charge is -2.41. The van der Waals surface area contributed by atoms with Gasteiger partial charge in [-0.1, -0.05) is 0 Å². The SMILES string of the molecule is Cc1cc(C)n(CCCNC(=O)C2CCCN(C3CCN(C)CC3)C2)n1. The Morgan fingerprint density at radius 2 is 2.00 bits per heavy atom. The molecule has 6 nitrogen and oxygen atoms in total. The maximum atomic E-state index is 12.6. The third kappa shape index (κ3) is 5.07. The van der Waals surface area contributed by atoms with Crippen molar-refractivity contribution in [2.24, 2.45) is 5.92 Å². The molecule has 0 saturated carbocycles. The molecule has 0 aromatic carbocycles. The van der Waals surface area contributed by atoms with Crippen molar-refractivity contribution in [1.29, 1.82) is 0 Å². The maximum Gasteiger partial charge on any atom is 0.224 e. The molecule has 0 radical (unpaired) electrons. The highest BCUT2D eigenvalue weighted by molar-refractivity contribution is 5.78. The van der Waals surface area contributed by atoms with Crippen LogP contribution in [0.2, 0.25) is 0 Å². The number of aromatic nitrogens is 2. The molecule has 1 atom stereocenters. The minimum Gasteiger partial charge on any atom is -0.356 e. The summed E-state index contributed by atoms with van der Waals surface area (Å²) in [6.45, 7) is 10.2. The van der Waals surface area contributed by atoms with Crippen molar-refractivity contribution in [3.63, 3.8) is 0 Å². The summed E-state index contributed by atoms with van der Waals surface area (Å²) in [5, 5.41) is 7.64. The van der Waals surface area contributed by atoms with E-state index in [-0.39, 0.29) is 11.8 Å². The standard InChI is InChI=1S/C20H35N5O/c1-16-14-17(2)25(22-16)11-5-9-21-20(26)18-6-4-10-24(15-18)19-7-12-23(3)13-8-19/h14,18-19H,4-13,15H2,1-3H3,(H,21,26). The van der Waals surface area contributed by atoms with Crippen LogP contribution in [0.3, 0.4) is 0 Å². The Bertz CT molecular complexity index is 591. The molecular weight excluding hydrogens is 326 g/mol. The van der Waals surface area contributed by atoms with Gasteiger partial charge in [-0.05, 0) is 78.7 Å². The topological polar surface area (TPSA) is 53.4 Å². The summed E-state index contributed by atoms with van der Waals surface area (Å²) in [6.07, 6.45) is 5.60. The van der Waals surface area contributed by atoms with Crippen molar-refractivity contribution in [3.8, 4) is 0 Å². The Morgan fingerprint density at radius 1 is 1.23 bits per heavy atom. The summed E-state index contributed by atoms with van der Waals surface area (Å²) in [5.74, 6) is 0.410. The number of hydrogen-bond donors (Lipinski definition) is 1. The van der Waals surface area contributed by atoms with Crippen LogP contribution >= 0.6 is 0 Å². The van der Waals surface area contributed by atoms with E-state index >= 15 is 0 Å². The van der Waals surface area contributed by atoms with E-state index in [0.717, 1.165) is 51.1 Å². The molecule has 146 valence electrons. The third-order valence-corrected chi connectivity index (χ3v) is 5.98. The third-order valence-electron chi connectivity index (χ3n) is 5.98. The Kier molecular flexibility index (Phi) is 6.70. The molecule has 1 aromatic rings. The maximum absolute atomic E-state index is 12.6. The number of likely N-dealkylation sites (tertiary alicyclic amines) is 2. The van der Waals surface area contributed by atoms with E-state index in [4.69, 9.17) is 0 Å². The molecule has 2 fully saturated rings. The molecule has 3 heterocycles. The van der Waals surface area contributed by atoms with Crippen molar-refractivity contribution < 1.29 is 4.79 Å². The molecule has 1 N–H and O–H groups in total. The molecule has 1 amide bonds. The van der Waals surface area contributed by atoms with E-state index < -0.39 is 0 Å². The molecule has 2 aliphatic rings. The van der Waals surface area contributed by atoms with E-state index in [1.165, 1.54) is 31.6 Å². The minimum atomic E-state index is 0.164. The van der Waals surface area contributed by atoms with Gasteiger partial charge >= 0.3 is 0 Å². The molecule has 1 aromatic heterocycles. The van der Waals surface area contributed by atoms with Gasteiger partial charge in [-0.3, -0.25) is 14.4 Å². The smallest absolute Gasteiger partial charge is 0.224 e. The zero-order valence-electron chi connectivity index (χ0n) is 16.7. The highest BCUT2D eigenvalue weighted by atomic mass is 16.1. The fraction of sp³-hybridized carbons (Fsp3) is 0.800. The zero-order valence-corrected chi connectivity index (χ0v) is 16.7. The number of carbonyl (C=O) groups is 1. The van der Waals surface area contributed by atoms with Gasteiger partial charge in [0.2, 0.25) is 5.91 Å². The summed E-state index contributed by atoms with van der Waals surface area (Å²) in [7, 11) is 2.20. The number of amides is 1. The first-order valence-corrected chi connectivity index (χ1v) is 10.2. The van der Waals surface area contributed by atoms with Crippen molar-refractivity contribution in [2.45, 2.75) is 58.5 Å². The molecule has 0 spiro atoms. The zero-order chi connectivity index (χ0) is 18.5. The largest absolute Gasteiger partial charge is 0.356 e. The van der Waals surface area contributed by atoms with E-state index in [9.17, 15) is 4.79 Å². The summed E-state index contributed by atoms with van der Waals surface area (Å²) in [5.41, 5.74) is 2.25. The van der Waals surface area contributed by atoms with Gasteiger partial charge in [0.1, 0.15) is 0 Å². The number of rotatable bonds is 6. The lowest BCUT2D eigenvalue weighted by atomic mass is 9.93.